The minimum atomic E-state index is 0.118. The molecule has 0 bridgehead atoms. The summed E-state index contributed by atoms with van der Waals surface area (Å²) >= 11 is 9.49. The van der Waals surface area contributed by atoms with Crippen LogP contribution in [0.5, 0.6) is 0 Å². The standard InChI is InChI=1S/C16H22BrClN2O/c1-19-8-5-13(6-9-19)20(2)10-7-16(21)14-4-3-12(17)11-15(14)18/h3-4,11,13H,5-10H2,1-2H3. The van der Waals surface area contributed by atoms with Gasteiger partial charge in [0.15, 0.2) is 5.78 Å². The van der Waals surface area contributed by atoms with Crippen molar-refractivity contribution in [2.24, 2.45) is 0 Å². The van der Waals surface area contributed by atoms with Crippen LogP contribution in [0.4, 0.5) is 0 Å². The molecule has 1 heterocycles. The zero-order valence-electron chi connectivity index (χ0n) is 12.6. The lowest BCUT2D eigenvalue weighted by Crippen LogP contribution is -2.42. The highest BCUT2D eigenvalue weighted by atomic mass is 79.9. The van der Waals surface area contributed by atoms with Crippen molar-refractivity contribution >= 4 is 33.3 Å². The molecule has 0 saturated carbocycles. The maximum Gasteiger partial charge on any atom is 0.165 e. The van der Waals surface area contributed by atoms with Gasteiger partial charge in [-0.25, -0.2) is 0 Å². The number of nitrogens with zero attached hydrogens (tertiary/aromatic N) is 2. The van der Waals surface area contributed by atoms with Gasteiger partial charge < -0.3 is 9.80 Å². The Bertz CT molecular complexity index is 501. The SMILES string of the molecule is CN1CCC(N(C)CCC(=O)c2ccc(Br)cc2Cl)CC1. The first-order valence-electron chi connectivity index (χ1n) is 7.34. The third kappa shape index (κ3) is 4.78. The summed E-state index contributed by atoms with van der Waals surface area (Å²) in [4.78, 5) is 17.0. The Hall–Kier alpha value is -0.420. The molecule has 2 rings (SSSR count). The molecule has 0 spiro atoms. The first-order valence-corrected chi connectivity index (χ1v) is 8.51. The van der Waals surface area contributed by atoms with E-state index < -0.39 is 0 Å². The number of ketones is 1. The average Bonchev–Trinajstić information content (AvgIpc) is 2.45. The van der Waals surface area contributed by atoms with Gasteiger partial charge in [-0.2, -0.15) is 0 Å². The minimum absolute atomic E-state index is 0.118. The Labute approximate surface area is 140 Å². The Morgan fingerprint density at radius 1 is 1.43 bits per heavy atom. The number of hydrogen-bond acceptors (Lipinski definition) is 3. The molecule has 1 saturated heterocycles. The van der Waals surface area contributed by atoms with E-state index in [9.17, 15) is 4.79 Å². The molecule has 0 radical (unpaired) electrons. The van der Waals surface area contributed by atoms with Gasteiger partial charge in [0.25, 0.3) is 0 Å². The van der Waals surface area contributed by atoms with Gasteiger partial charge in [-0.3, -0.25) is 4.79 Å². The van der Waals surface area contributed by atoms with Crippen LogP contribution in [0.2, 0.25) is 5.02 Å². The lowest BCUT2D eigenvalue weighted by molar-refractivity contribution is 0.0939. The van der Waals surface area contributed by atoms with Crippen LogP contribution in [-0.4, -0.2) is 55.4 Å². The number of likely N-dealkylation sites (tertiary alicyclic amines) is 1. The van der Waals surface area contributed by atoms with Crippen LogP contribution in [0.25, 0.3) is 0 Å². The summed E-state index contributed by atoms with van der Waals surface area (Å²) < 4.78 is 0.896. The van der Waals surface area contributed by atoms with Crippen molar-refractivity contribution in [2.45, 2.75) is 25.3 Å². The minimum Gasteiger partial charge on any atom is -0.306 e. The van der Waals surface area contributed by atoms with Crippen LogP contribution in [0, 0.1) is 0 Å². The van der Waals surface area contributed by atoms with Crippen LogP contribution in [-0.2, 0) is 0 Å². The van der Waals surface area contributed by atoms with Gasteiger partial charge in [-0.15, -0.1) is 0 Å². The molecule has 0 atom stereocenters. The fraction of sp³-hybridized carbons (Fsp3) is 0.562. The number of halogens is 2. The summed E-state index contributed by atoms with van der Waals surface area (Å²) in [5.74, 6) is 0.118. The molecule has 1 aromatic carbocycles. The molecule has 21 heavy (non-hydrogen) atoms. The molecule has 0 aromatic heterocycles. The van der Waals surface area contributed by atoms with E-state index in [1.807, 2.05) is 6.07 Å². The molecule has 3 nitrogen and oxygen atoms in total. The summed E-state index contributed by atoms with van der Waals surface area (Å²) in [6, 6.07) is 6.02. The third-order valence-corrected chi connectivity index (χ3v) is 5.04. The summed E-state index contributed by atoms with van der Waals surface area (Å²) in [6.07, 6.45) is 2.88. The van der Waals surface area contributed by atoms with Gasteiger partial charge in [-0.05, 0) is 58.2 Å². The number of carbonyl (C=O) groups excluding carboxylic acids is 1. The fourth-order valence-electron chi connectivity index (χ4n) is 2.75. The second kappa shape index (κ2) is 7.73. The maximum atomic E-state index is 12.3. The quantitative estimate of drug-likeness (QED) is 0.735. The highest BCUT2D eigenvalue weighted by molar-refractivity contribution is 9.10. The number of Topliss-reactive ketones (excluding diaryl/α,β-unsaturated/α-hetero) is 1. The first-order chi connectivity index (χ1) is 9.97. The number of carbonyl (C=O) groups is 1. The largest absolute Gasteiger partial charge is 0.306 e. The number of hydrogen-bond donors (Lipinski definition) is 0. The van der Waals surface area contributed by atoms with E-state index in [1.165, 1.54) is 12.8 Å². The molecule has 1 fully saturated rings. The van der Waals surface area contributed by atoms with E-state index in [-0.39, 0.29) is 5.78 Å². The van der Waals surface area contributed by atoms with Crippen molar-refractivity contribution in [2.75, 3.05) is 33.7 Å². The summed E-state index contributed by atoms with van der Waals surface area (Å²) in [5, 5.41) is 0.524. The molecule has 0 aliphatic carbocycles. The van der Waals surface area contributed by atoms with E-state index in [0.717, 1.165) is 24.1 Å². The molecule has 0 amide bonds. The third-order valence-electron chi connectivity index (χ3n) is 4.23. The molecular formula is C16H22BrClN2O. The molecule has 1 aliphatic heterocycles. The van der Waals surface area contributed by atoms with Gasteiger partial charge in [0, 0.05) is 29.0 Å². The maximum absolute atomic E-state index is 12.3. The van der Waals surface area contributed by atoms with Crippen LogP contribution in [0.15, 0.2) is 22.7 Å². The smallest absolute Gasteiger partial charge is 0.165 e. The highest BCUT2D eigenvalue weighted by Gasteiger charge is 2.21. The van der Waals surface area contributed by atoms with Crippen LogP contribution >= 0.6 is 27.5 Å². The molecule has 1 aliphatic rings. The lowest BCUT2D eigenvalue weighted by Gasteiger charge is -2.35. The average molecular weight is 374 g/mol. The van der Waals surface area contributed by atoms with Gasteiger partial charge in [0.2, 0.25) is 0 Å². The molecule has 116 valence electrons. The second-order valence-electron chi connectivity index (χ2n) is 5.81. The number of rotatable bonds is 5. The summed E-state index contributed by atoms with van der Waals surface area (Å²) in [7, 11) is 4.28. The second-order valence-corrected chi connectivity index (χ2v) is 7.14. The van der Waals surface area contributed by atoms with Crippen molar-refractivity contribution in [3.63, 3.8) is 0 Å². The zero-order valence-corrected chi connectivity index (χ0v) is 15.0. The van der Waals surface area contributed by atoms with Crippen molar-refractivity contribution < 1.29 is 4.79 Å². The molecule has 5 heteroatoms. The van der Waals surface area contributed by atoms with Crippen molar-refractivity contribution in [1.29, 1.82) is 0 Å². The monoisotopic (exact) mass is 372 g/mol. The Kier molecular flexibility index (Phi) is 6.23. The topological polar surface area (TPSA) is 23.6 Å². The highest BCUT2D eigenvalue weighted by Crippen LogP contribution is 2.23. The van der Waals surface area contributed by atoms with Crippen molar-refractivity contribution in [1.82, 2.24) is 9.80 Å². The number of benzene rings is 1. The lowest BCUT2D eigenvalue weighted by atomic mass is 10.0. The molecule has 0 unspecified atom stereocenters. The number of piperidine rings is 1. The van der Waals surface area contributed by atoms with E-state index in [2.05, 4.69) is 39.8 Å². The van der Waals surface area contributed by atoms with Gasteiger partial charge in [-0.1, -0.05) is 27.5 Å². The predicted octanol–water partition coefficient (Wildman–Crippen LogP) is 3.70. The van der Waals surface area contributed by atoms with Gasteiger partial charge in [0.05, 0.1) is 5.02 Å². The molecular weight excluding hydrogens is 352 g/mol. The van der Waals surface area contributed by atoms with E-state index in [1.54, 1.807) is 12.1 Å². The van der Waals surface area contributed by atoms with Gasteiger partial charge >= 0.3 is 0 Å². The van der Waals surface area contributed by atoms with Crippen molar-refractivity contribution in [3.8, 4) is 0 Å². The summed E-state index contributed by atoms with van der Waals surface area (Å²) in [6.45, 7) is 3.07. The van der Waals surface area contributed by atoms with E-state index in [4.69, 9.17) is 11.6 Å². The Morgan fingerprint density at radius 3 is 2.71 bits per heavy atom. The van der Waals surface area contributed by atoms with Gasteiger partial charge in [0.1, 0.15) is 0 Å². The van der Waals surface area contributed by atoms with E-state index in [0.29, 0.717) is 23.0 Å². The summed E-state index contributed by atoms with van der Waals surface area (Å²) in [5.41, 5.74) is 0.622. The first kappa shape index (κ1) is 16.9. The Morgan fingerprint density at radius 2 is 2.10 bits per heavy atom. The van der Waals surface area contributed by atoms with Crippen LogP contribution in [0.3, 0.4) is 0 Å². The van der Waals surface area contributed by atoms with Crippen LogP contribution in [0.1, 0.15) is 29.6 Å². The molecule has 1 aromatic rings. The molecule has 0 N–H and O–H groups in total. The Balaban J connectivity index is 1.86. The zero-order chi connectivity index (χ0) is 15.4. The predicted molar refractivity (Wildman–Crippen MR) is 91.2 cm³/mol. The van der Waals surface area contributed by atoms with Crippen LogP contribution < -0.4 is 0 Å². The van der Waals surface area contributed by atoms with Crippen molar-refractivity contribution in [3.05, 3.63) is 33.3 Å². The van der Waals surface area contributed by atoms with E-state index >= 15 is 0 Å². The normalized spacial score (nSPS) is 17.4. The fourth-order valence-corrected chi connectivity index (χ4v) is 3.53.